The molecular formula is C28H35FN2O3. The molecule has 182 valence electrons. The molecule has 1 saturated heterocycles. The van der Waals surface area contributed by atoms with Crippen LogP contribution >= 0.6 is 0 Å². The fourth-order valence-electron chi connectivity index (χ4n) is 4.93. The monoisotopic (exact) mass is 466 g/mol. The molecule has 1 fully saturated rings. The van der Waals surface area contributed by atoms with Crippen LogP contribution in [0.3, 0.4) is 0 Å². The van der Waals surface area contributed by atoms with Gasteiger partial charge < -0.3 is 14.5 Å². The second-order valence-electron chi connectivity index (χ2n) is 10.4. The van der Waals surface area contributed by atoms with E-state index in [1.807, 2.05) is 55.7 Å². The van der Waals surface area contributed by atoms with Crippen molar-refractivity contribution in [3.05, 3.63) is 65.0 Å². The molecule has 0 radical (unpaired) electrons. The molecule has 2 heterocycles. The van der Waals surface area contributed by atoms with Crippen LogP contribution < -0.4 is 4.74 Å². The van der Waals surface area contributed by atoms with Crippen molar-refractivity contribution in [3.8, 4) is 5.75 Å². The summed E-state index contributed by atoms with van der Waals surface area (Å²) >= 11 is 0. The quantitative estimate of drug-likeness (QED) is 0.614. The van der Waals surface area contributed by atoms with Crippen LogP contribution in [0.1, 0.15) is 69.7 Å². The van der Waals surface area contributed by atoms with Crippen LogP contribution in [-0.4, -0.2) is 47.4 Å². The average molecular weight is 467 g/mol. The molecule has 0 N–H and O–H groups in total. The number of benzene rings is 2. The molecule has 2 atom stereocenters. The summed E-state index contributed by atoms with van der Waals surface area (Å²) in [6.07, 6.45) is 2.87. The lowest BCUT2D eigenvalue weighted by Gasteiger charge is -2.41. The minimum Gasteiger partial charge on any atom is -0.481 e. The van der Waals surface area contributed by atoms with Gasteiger partial charge in [-0.2, -0.15) is 0 Å². The van der Waals surface area contributed by atoms with E-state index in [1.165, 1.54) is 12.1 Å². The first-order chi connectivity index (χ1) is 16.2. The predicted molar refractivity (Wildman–Crippen MR) is 130 cm³/mol. The highest BCUT2D eigenvalue weighted by Crippen LogP contribution is 2.39. The fraction of sp³-hybridized carbons (Fsp3) is 0.500. The van der Waals surface area contributed by atoms with Crippen molar-refractivity contribution in [2.24, 2.45) is 5.41 Å². The molecule has 0 spiro atoms. The minimum atomic E-state index is -0.542. The van der Waals surface area contributed by atoms with Gasteiger partial charge in [-0.3, -0.25) is 9.59 Å². The van der Waals surface area contributed by atoms with Gasteiger partial charge in [0.15, 0.2) is 6.10 Å². The van der Waals surface area contributed by atoms with Gasteiger partial charge >= 0.3 is 0 Å². The number of nitrogens with zero attached hydrogens (tertiary/aromatic N) is 2. The van der Waals surface area contributed by atoms with Crippen molar-refractivity contribution in [2.45, 2.75) is 65.5 Å². The maximum Gasteiger partial charge on any atom is 0.263 e. The van der Waals surface area contributed by atoms with Gasteiger partial charge in [0.25, 0.3) is 5.91 Å². The average Bonchev–Trinajstić information content (AvgIpc) is 3.36. The van der Waals surface area contributed by atoms with Crippen LogP contribution in [0.15, 0.2) is 42.5 Å². The molecule has 0 aliphatic carbocycles. The highest BCUT2D eigenvalue weighted by molar-refractivity contribution is 5.83. The van der Waals surface area contributed by atoms with Gasteiger partial charge in [-0.25, -0.2) is 4.39 Å². The van der Waals surface area contributed by atoms with E-state index in [1.54, 1.807) is 12.1 Å². The Hall–Kier alpha value is -2.89. The molecule has 2 amide bonds. The summed E-state index contributed by atoms with van der Waals surface area (Å²) in [5, 5.41) is 0. The number of rotatable bonds is 5. The number of carbonyl (C=O) groups excluding carboxylic acids is 2. The molecule has 2 aromatic carbocycles. The highest BCUT2D eigenvalue weighted by atomic mass is 19.1. The Morgan fingerprint density at radius 1 is 1.06 bits per heavy atom. The van der Waals surface area contributed by atoms with Gasteiger partial charge in [0.2, 0.25) is 5.91 Å². The van der Waals surface area contributed by atoms with Crippen molar-refractivity contribution >= 4 is 11.8 Å². The van der Waals surface area contributed by atoms with Gasteiger partial charge in [-0.05, 0) is 66.6 Å². The molecule has 2 aliphatic heterocycles. The van der Waals surface area contributed by atoms with Crippen LogP contribution in [0.5, 0.6) is 5.75 Å². The number of likely N-dealkylation sites (tertiary alicyclic amines) is 1. The number of hydrogen-bond acceptors (Lipinski definition) is 3. The van der Waals surface area contributed by atoms with Crippen LogP contribution in [0.25, 0.3) is 0 Å². The number of amides is 2. The van der Waals surface area contributed by atoms with Gasteiger partial charge in [-0.15, -0.1) is 0 Å². The second-order valence-corrected chi connectivity index (χ2v) is 10.4. The predicted octanol–water partition coefficient (Wildman–Crippen LogP) is 5.13. The number of fused-ring (bicyclic) bond motifs is 1. The van der Waals surface area contributed by atoms with E-state index in [9.17, 15) is 14.0 Å². The standard InChI is InChI=1S/C28H35FN2O3/c1-5-24(26(32)30-15-6-7-16-30)34-22-13-10-19-14-17-31(27(33)28(2,3)4)25(23(19)18-22)20-8-11-21(29)12-9-20/h8-13,18,24-25H,5-7,14-17H2,1-4H3/t24-,25-/m1/s1. The molecule has 5 nitrogen and oxygen atoms in total. The van der Waals surface area contributed by atoms with Gasteiger partial charge in [0.05, 0.1) is 6.04 Å². The van der Waals surface area contributed by atoms with E-state index in [4.69, 9.17) is 4.74 Å². The number of halogens is 1. The van der Waals surface area contributed by atoms with Crippen LogP contribution in [0, 0.1) is 11.2 Å². The van der Waals surface area contributed by atoms with Crippen LogP contribution in [0.4, 0.5) is 4.39 Å². The first kappa shape index (κ1) is 24.2. The Bertz CT molecular complexity index is 1040. The lowest BCUT2D eigenvalue weighted by Crippen LogP contribution is -2.45. The lowest BCUT2D eigenvalue weighted by atomic mass is 9.85. The van der Waals surface area contributed by atoms with Crippen molar-refractivity contribution in [3.63, 3.8) is 0 Å². The van der Waals surface area contributed by atoms with Crippen molar-refractivity contribution in [2.75, 3.05) is 19.6 Å². The van der Waals surface area contributed by atoms with Gasteiger partial charge in [0.1, 0.15) is 11.6 Å². The summed E-state index contributed by atoms with van der Waals surface area (Å²) in [7, 11) is 0. The normalized spacial score (nSPS) is 19.0. The van der Waals surface area contributed by atoms with E-state index in [0.717, 1.165) is 49.0 Å². The van der Waals surface area contributed by atoms with E-state index in [0.29, 0.717) is 18.7 Å². The molecule has 0 bridgehead atoms. The number of hydrogen-bond donors (Lipinski definition) is 0. The summed E-state index contributed by atoms with van der Waals surface area (Å²) in [5.74, 6) is 0.402. The summed E-state index contributed by atoms with van der Waals surface area (Å²) in [6.45, 7) is 9.89. The molecule has 2 aliphatic rings. The van der Waals surface area contributed by atoms with Gasteiger partial charge in [-0.1, -0.05) is 45.9 Å². The zero-order valence-electron chi connectivity index (χ0n) is 20.6. The van der Waals surface area contributed by atoms with E-state index in [-0.39, 0.29) is 23.7 Å². The number of ether oxygens (including phenoxy) is 1. The first-order valence-electron chi connectivity index (χ1n) is 12.3. The van der Waals surface area contributed by atoms with Crippen LogP contribution in [-0.2, 0) is 16.0 Å². The SMILES string of the molecule is CC[C@@H](Oc1ccc2c(c1)[C@@H](c1ccc(F)cc1)N(C(=O)C(C)(C)C)CC2)C(=O)N1CCCC1. The second kappa shape index (κ2) is 9.77. The first-order valence-corrected chi connectivity index (χ1v) is 12.3. The molecule has 34 heavy (non-hydrogen) atoms. The zero-order chi connectivity index (χ0) is 24.5. The Morgan fingerprint density at radius 3 is 2.35 bits per heavy atom. The third kappa shape index (κ3) is 4.96. The summed E-state index contributed by atoms with van der Waals surface area (Å²) in [5.41, 5.74) is 2.42. The summed E-state index contributed by atoms with van der Waals surface area (Å²) in [4.78, 5) is 30.1. The maximum atomic E-state index is 13.7. The van der Waals surface area contributed by atoms with Crippen molar-refractivity contribution in [1.82, 2.24) is 9.80 Å². The molecular weight excluding hydrogens is 431 g/mol. The lowest BCUT2D eigenvalue weighted by molar-refractivity contribution is -0.141. The Labute approximate surface area is 201 Å². The number of carbonyl (C=O) groups is 2. The van der Waals surface area contributed by atoms with E-state index in [2.05, 4.69) is 0 Å². The Kier molecular flexibility index (Phi) is 6.96. The molecule has 0 aromatic heterocycles. The minimum absolute atomic E-state index is 0.0392. The van der Waals surface area contributed by atoms with Crippen molar-refractivity contribution < 1.29 is 18.7 Å². The summed E-state index contributed by atoms with van der Waals surface area (Å²) < 4.78 is 19.9. The fourth-order valence-corrected chi connectivity index (χ4v) is 4.93. The molecule has 6 heteroatoms. The zero-order valence-corrected chi connectivity index (χ0v) is 20.6. The smallest absolute Gasteiger partial charge is 0.263 e. The van der Waals surface area contributed by atoms with Gasteiger partial charge in [0, 0.05) is 25.0 Å². The largest absolute Gasteiger partial charge is 0.481 e. The molecule has 0 saturated carbocycles. The Morgan fingerprint density at radius 2 is 1.74 bits per heavy atom. The molecule has 2 aromatic rings. The van der Waals surface area contributed by atoms with E-state index >= 15 is 0 Å². The third-order valence-corrected chi connectivity index (χ3v) is 6.78. The molecule has 0 unspecified atom stereocenters. The third-order valence-electron chi connectivity index (χ3n) is 6.78. The highest BCUT2D eigenvalue weighted by Gasteiger charge is 2.37. The van der Waals surface area contributed by atoms with E-state index < -0.39 is 11.5 Å². The summed E-state index contributed by atoms with van der Waals surface area (Å²) in [6, 6.07) is 11.9. The van der Waals surface area contributed by atoms with Crippen LogP contribution in [0.2, 0.25) is 0 Å². The topological polar surface area (TPSA) is 49.9 Å². The molecule has 4 rings (SSSR count). The Balaban J connectivity index is 1.69. The maximum absolute atomic E-state index is 13.7. The van der Waals surface area contributed by atoms with Crippen molar-refractivity contribution in [1.29, 1.82) is 0 Å².